The van der Waals surface area contributed by atoms with Gasteiger partial charge < -0.3 is 10.4 Å². The van der Waals surface area contributed by atoms with Crippen molar-refractivity contribution in [2.75, 3.05) is 6.54 Å². The van der Waals surface area contributed by atoms with Crippen LogP contribution in [0.5, 0.6) is 5.75 Å². The molecule has 1 saturated heterocycles. The van der Waals surface area contributed by atoms with Crippen LogP contribution in [-0.4, -0.2) is 45.8 Å². The first-order chi connectivity index (χ1) is 13.8. The van der Waals surface area contributed by atoms with Crippen LogP contribution >= 0.6 is 11.6 Å². The van der Waals surface area contributed by atoms with E-state index in [2.05, 4.69) is 23.1 Å². The fourth-order valence-electron chi connectivity index (χ4n) is 3.80. The number of carbonyl (C=O) groups excluding carboxylic acids is 4. The quantitative estimate of drug-likeness (QED) is 0.433. The number of rotatable bonds is 4. The van der Waals surface area contributed by atoms with Gasteiger partial charge in [0.2, 0.25) is 0 Å². The fourth-order valence-corrected chi connectivity index (χ4v) is 3.98. The Hall–Kier alpha value is -2.81. The van der Waals surface area contributed by atoms with Gasteiger partial charge in [0.05, 0.1) is 5.56 Å². The number of urea groups is 1. The Bertz CT molecular complexity index is 851. The number of imide groups is 1. The number of amides is 5. The normalized spacial score (nSPS) is 23.8. The van der Waals surface area contributed by atoms with E-state index in [1.807, 2.05) is 0 Å². The molecule has 4 N–H and O–H groups in total. The van der Waals surface area contributed by atoms with Gasteiger partial charge >= 0.3 is 6.03 Å². The van der Waals surface area contributed by atoms with Gasteiger partial charge in [-0.3, -0.25) is 30.1 Å². The van der Waals surface area contributed by atoms with E-state index in [0.717, 1.165) is 24.2 Å². The molecule has 1 spiro atoms. The molecule has 9 nitrogen and oxygen atoms in total. The van der Waals surface area contributed by atoms with E-state index in [1.54, 1.807) is 0 Å². The third-order valence-corrected chi connectivity index (χ3v) is 5.84. The van der Waals surface area contributed by atoms with Crippen molar-refractivity contribution < 1.29 is 24.3 Å². The van der Waals surface area contributed by atoms with Gasteiger partial charge in [-0.1, -0.05) is 24.9 Å². The monoisotopic (exact) mass is 422 g/mol. The first-order valence-corrected chi connectivity index (χ1v) is 9.85. The predicted molar refractivity (Wildman–Crippen MR) is 104 cm³/mol. The van der Waals surface area contributed by atoms with Crippen molar-refractivity contribution in [3.8, 4) is 5.75 Å². The predicted octanol–water partition coefficient (Wildman–Crippen LogP) is 1.70. The summed E-state index contributed by atoms with van der Waals surface area (Å²) in [5.74, 6) is -1.71. The third kappa shape index (κ3) is 4.29. The maximum Gasteiger partial charge on any atom is 0.325 e. The van der Waals surface area contributed by atoms with E-state index in [0.29, 0.717) is 18.8 Å². The van der Waals surface area contributed by atoms with Crippen LogP contribution in [0.15, 0.2) is 18.2 Å². The Balaban J connectivity index is 1.56. The van der Waals surface area contributed by atoms with Gasteiger partial charge in [-0.15, -0.1) is 0 Å². The van der Waals surface area contributed by atoms with Crippen LogP contribution in [0, 0.1) is 5.92 Å². The van der Waals surface area contributed by atoms with Gasteiger partial charge in [0.25, 0.3) is 17.7 Å². The summed E-state index contributed by atoms with van der Waals surface area (Å²) in [4.78, 5) is 50.2. The summed E-state index contributed by atoms with van der Waals surface area (Å²) in [6.45, 7) is 1.58. The lowest BCUT2D eigenvalue weighted by Crippen LogP contribution is -2.51. The molecule has 0 bridgehead atoms. The highest BCUT2D eigenvalue weighted by Crippen LogP contribution is 2.37. The standard InChI is InChI=1S/C19H23ClN4O5/c1-2-11-5-7-19(8-6-11)17(28)24(18(29)21-19)10-15(26)22-23-16(27)13-9-12(20)3-4-14(13)25/h3-4,9,11,25H,2,5-8,10H2,1H3,(H,21,29)(H,22,26)(H,23,27). The minimum absolute atomic E-state index is 0.126. The number of phenols is 1. The Kier molecular flexibility index (Phi) is 5.97. The van der Waals surface area contributed by atoms with E-state index < -0.39 is 35.8 Å². The zero-order valence-corrected chi connectivity index (χ0v) is 16.7. The summed E-state index contributed by atoms with van der Waals surface area (Å²) in [7, 11) is 0. The number of aromatic hydroxyl groups is 1. The van der Waals surface area contributed by atoms with Gasteiger partial charge in [0.1, 0.15) is 17.8 Å². The second-order valence-corrected chi connectivity index (χ2v) is 7.86. The largest absolute Gasteiger partial charge is 0.507 e. The molecule has 1 aromatic carbocycles. The minimum Gasteiger partial charge on any atom is -0.507 e. The van der Waals surface area contributed by atoms with Crippen LogP contribution in [0.1, 0.15) is 49.4 Å². The number of hydrogen-bond acceptors (Lipinski definition) is 5. The maximum absolute atomic E-state index is 12.8. The number of nitrogens with one attached hydrogen (secondary N) is 3. The average molecular weight is 423 g/mol. The van der Waals surface area contributed by atoms with Gasteiger partial charge in [0, 0.05) is 5.02 Å². The van der Waals surface area contributed by atoms with Crippen molar-refractivity contribution in [1.82, 2.24) is 21.1 Å². The molecule has 1 aliphatic carbocycles. The summed E-state index contributed by atoms with van der Waals surface area (Å²) in [5.41, 5.74) is 3.21. The van der Waals surface area contributed by atoms with Crippen molar-refractivity contribution in [2.45, 2.75) is 44.6 Å². The summed E-state index contributed by atoms with van der Waals surface area (Å²) >= 11 is 5.79. The SMILES string of the molecule is CCC1CCC2(CC1)NC(=O)N(CC(=O)NNC(=O)c1cc(Cl)ccc1O)C2=O. The van der Waals surface area contributed by atoms with Crippen LogP contribution in [0.3, 0.4) is 0 Å². The van der Waals surface area contributed by atoms with Crippen molar-refractivity contribution in [2.24, 2.45) is 5.92 Å². The Morgan fingerprint density at radius 3 is 2.62 bits per heavy atom. The molecule has 10 heteroatoms. The molecule has 3 rings (SSSR count). The van der Waals surface area contributed by atoms with Crippen LogP contribution in [0.4, 0.5) is 4.79 Å². The second-order valence-electron chi connectivity index (χ2n) is 7.42. The molecule has 0 atom stereocenters. The number of hydrogen-bond donors (Lipinski definition) is 4. The summed E-state index contributed by atoms with van der Waals surface area (Å²) in [6, 6.07) is 3.29. The summed E-state index contributed by atoms with van der Waals surface area (Å²) in [5, 5.41) is 12.7. The molecule has 2 fully saturated rings. The van der Waals surface area contributed by atoms with Crippen LogP contribution in [-0.2, 0) is 9.59 Å². The highest BCUT2D eigenvalue weighted by Gasteiger charge is 2.52. The van der Waals surface area contributed by atoms with Gasteiger partial charge in [-0.25, -0.2) is 4.79 Å². The van der Waals surface area contributed by atoms with E-state index in [-0.39, 0.29) is 16.3 Å². The van der Waals surface area contributed by atoms with Crippen LogP contribution in [0.25, 0.3) is 0 Å². The molecule has 156 valence electrons. The van der Waals surface area contributed by atoms with E-state index in [1.165, 1.54) is 18.2 Å². The molecule has 5 amide bonds. The van der Waals surface area contributed by atoms with Crippen LogP contribution in [0.2, 0.25) is 5.02 Å². The molecule has 1 aromatic rings. The van der Waals surface area contributed by atoms with Gasteiger partial charge in [-0.2, -0.15) is 0 Å². The number of phenolic OH excluding ortho intramolecular Hbond substituents is 1. The number of halogens is 1. The summed E-state index contributed by atoms with van der Waals surface area (Å²) < 4.78 is 0. The smallest absolute Gasteiger partial charge is 0.325 e. The lowest BCUT2D eigenvalue weighted by atomic mass is 9.75. The Labute approximate surface area is 172 Å². The highest BCUT2D eigenvalue weighted by molar-refractivity contribution is 6.31. The van der Waals surface area contributed by atoms with Crippen molar-refractivity contribution in [1.29, 1.82) is 0 Å². The molecule has 29 heavy (non-hydrogen) atoms. The fraction of sp³-hybridized carbons (Fsp3) is 0.474. The zero-order valence-electron chi connectivity index (χ0n) is 16.0. The average Bonchev–Trinajstić information content (AvgIpc) is 2.92. The van der Waals surface area contributed by atoms with Crippen molar-refractivity contribution >= 4 is 35.4 Å². The van der Waals surface area contributed by atoms with Crippen molar-refractivity contribution in [3.05, 3.63) is 28.8 Å². The third-order valence-electron chi connectivity index (χ3n) is 5.60. The van der Waals surface area contributed by atoms with Gasteiger partial charge in [-0.05, 0) is 49.8 Å². The lowest BCUT2D eigenvalue weighted by Gasteiger charge is -2.34. The first kappa shape index (κ1) is 20.9. The zero-order chi connectivity index (χ0) is 21.2. The van der Waals surface area contributed by atoms with Crippen LogP contribution < -0.4 is 16.2 Å². The number of carbonyl (C=O) groups is 4. The molecule has 1 saturated carbocycles. The molecule has 0 unspecified atom stereocenters. The Morgan fingerprint density at radius 1 is 1.28 bits per heavy atom. The molecule has 1 heterocycles. The van der Waals surface area contributed by atoms with E-state index >= 15 is 0 Å². The lowest BCUT2D eigenvalue weighted by molar-refractivity contribution is -0.136. The van der Waals surface area contributed by atoms with E-state index in [4.69, 9.17) is 11.6 Å². The van der Waals surface area contributed by atoms with Gasteiger partial charge in [0.15, 0.2) is 0 Å². The topological polar surface area (TPSA) is 128 Å². The molecule has 1 aliphatic heterocycles. The molecule has 0 aromatic heterocycles. The highest BCUT2D eigenvalue weighted by atomic mass is 35.5. The number of benzene rings is 1. The van der Waals surface area contributed by atoms with E-state index in [9.17, 15) is 24.3 Å². The Morgan fingerprint density at radius 2 is 1.97 bits per heavy atom. The molecular weight excluding hydrogens is 400 g/mol. The second kappa shape index (κ2) is 8.28. The summed E-state index contributed by atoms with van der Waals surface area (Å²) in [6.07, 6.45) is 3.84. The first-order valence-electron chi connectivity index (χ1n) is 9.47. The number of nitrogens with zero attached hydrogens (tertiary/aromatic N) is 1. The molecule has 2 aliphatic rings. The number of hydrazine groups is 1. The molecule has 0 radical (unpaired) electrons. The maximum atomic E-state index is 12.8. The van der Waals surface area contributed by atoms with Crippen molar-refractivity contribution in [3.63, 3.8) is 0 Å². The minimum atomic E-state index is -0.932. The molecular formula is C19H23ClN4O5.